The molecule has 0 bridgehead atoms. The van der Waals surface area contributed by atoms with E-state index in [-0.39, 0.29) is 11.9 Å². The van der Waals surface area contributed by atoms with Crippen LogP contribution in [0.3, 0.4) is 0 Å². The van der Waals surface area contributed by atoms with Gasteiger partial charge in [0.25, 0.3) is 0 Å². The molecule has 1 N–H and O–H groups in total. The molecule has 0 radical (unpaired) electrons. The number of aromatic nitrogens is 4. The zero-order chi connectivity index (χ0) is 16.2. The van der Waals surface area contributed by atoms with Crippen LogP contribution in [0.25, 0.3) is 0 Å². The van der Waals surface area contributed by atoms with Crippen LogP contribution in [0.15, 0.2) is 24.7 Å². The van der Waals surface area contributed by atoms with Gasteiger partial charge in [0.05, 0.1) is 0 Å². The van der Waals surface area contributed by atoms with Crippen molar-refractivity contribution < 1.29 is 4.79 Å². The average molecular weight is 314 g/mol. The van der Waals surface area contributed by atoms with E-state index in [2.05, 4.69) is 32.0 Å². The van der Waals surface area contributed by atoms with E-state index in [0.29, 0.717) is 6.54 Å². The van der Waals surface area contributed by atoms with Gasteiger partial charge in [-0.15, -0.1) is 10.2 Å². The Morgan fingerprint density at radius 2 is 2.35 bits per heavy atom. The summed E-state index contributed by atoms with van der Waals surface area (Å²) in [7, 11) is 0. The molecule has 1 aliphatic rings. The Labute approximate surface area is 135 Å². The first-order valence-electron chi connectivity index (χ1n) is 8.03. The highest BCUT2D eigenvalue weighted by Crippen LogP contribution is 2.26. The van der Waals surface area contributed by atoms with Gasteiger partial charge < -0.3 is 14.8 Å². The fraction of sp³-hybridized carbons (Fsp3) is 0.500. The summed E-state index contributed by atoms with van der Waals surface area (Å²) in [5.41, 5.74) is 1.66. The number of hydrogen-bond donors (Lipinski definition) is 1. The first-order valence-corrected chi connectivity index (χ1v) is 8.03. The number of nitrogens with zero attached hydrogens (tertiary/aromatic N) is 5. The number of nitrogens with one attached hydrogen (secondary N) is 1. The maximum absolute atomic E-state index is 12.5. The van der Waals surface area contributed by atoms with Crippen molar-refractivity contribution in [1.82, 2.24) is 24.6 Å². The van der Waals surface area contributed by atoms with Gasteiger partial charge in [-0.3, -0.25) is 4.98 Å². The quantitative estimate of drug-likeness (QED) is 0.944. The third-order valence-corrected chi connectivity index (χ3v) is 4.21. The zero-order valence-corrected chi connectivity index (χ0v) is 13.6. The van der Waals surface area contributed by atoms with Gasteiger partial charge in [-0.05, 0) is 38.8 Å². The second-order valence-corrected chi connectivity index (χ2v) is 5.88. The van der Waals surface area contributed by atoms with E-state index in [1.54, 1.807) is 18.6 Å². The molecule has 0 saturated carbocycles. The van der Waals surface area contributed by atoms with Gasteiger partial charge in [0, 0.05) is 43.1 Å². The molecule has 2 aromatic heterocycles. The number of carbonyl (C=O) groups excluding carboxylic acids is 1. The third-order valence-electron chi connectivity index (χ3n) is 4.21. The monoisotopic (exact) mass is 314 g/mol. The van der Waals surface area contributed by atoms with Crippen LogP contribution in [0.4, 0.5) is 10.5 Å². The molecule has 0 unspecified atom stereocenters. The van der Waals surface area contributed by atoms with Crippen molar-refractivity contribution in [3.63, 3.8) is 0 Å². The summed E-state index contributed by atoms with van der Waals surface area (Å²) in [4.78, 5) is 18.5. The van der Waals surface area contributed by atoms with Crippen LogP contribution in [0.5, 0.6) is 0 Å². The lowest BCUT2D eigenvalue weighted by atomic mass is 9.97. The molecule has 1 fully saturated rings. The van der Waals surface area contributed by atoms with Crippen LogP contribution in [0.2, 0.25) is 0 Å². The summed E-state index contributed by atoms with van der Waals surface area (Å²) < 4.78 is 2.05. The van der Waals surface area contributed by atoms with E-state index >= 15 is 0 Å². The molecule has 1 aliphatic heterocycles. The maximum Gasteiger partial charge on any atom is 0.321 e. The molecule has 122 valence electrons. The molecule has 23 heavy (non-hydrogen) atoms. The number of piperidine rings is 1. The van der Waals surface area contributed by atoms with Gasteiger partial charge in [0.1, 0.15) is 12.2 Å². The third kappa shape index (κ3) is 3.49. The molecule has 2 aromatic rings. The molecule has 3 heterocycles. The molecule has 1 atom stereocenters. The lowest BCUT2D eigenvalue weighted by Gasteiger charge is -2.32. The molecule has 1 saturated heterocycles. The van der Waals surface area contributed by atoms with E-state index in [1.807, 2.05) is 17.9 Å². The first kappa shape index (κ1) is 15.5. The average Bonchev–Trinajstić information content (AvgIpc) is 3.03. The maximum atomic E-state index is 12.5. The predicted molar refractivity (Wildman–Crippen MR) is 87.2 cm³/mol. The van der Waals surface area contributed by atoms with Gasteiger partial charge in [-0.1, -0.05) is 0 Å². The summed E-state index contributed by atoms with van der Waals surface area (Å²) >= 11 is 0. The number of urea groups is 1. The number of likely N-dealkylation sites (tertiary alicyclic amines) is 1. The Kier molecular flexibility index (Phi) is 4.55. The van der Waals surface area contributed by atoms with Crippen molar-refractivity contribution in [3.8, 4) is 0 Å². The number of anilines is 1. The van der Waals surface area contributed by atoms with Crippen molar-refractivity contribution in [2.24, 2.45) is 0 Å². The number of amides is 2. The van der Waals surface area contributed by atoms with Gasteiger partial charge in [0.2, 0.25) is 0 Å². The van der Waals surface area contributed by atoms with Crippen molar-refractivity contribution in [2.45, 2.75) is 39.2 Å². The molecule has 2 amide bonds. The van der Waals surface area contributed by atoms with Crippen molar-refractivity contribution in [1.29, 1.82) is 0 Å². The Hall–Kier alpha value is -2.44. The molecule has 7 nitrogen and oxygen atoms in total. The minimum atomic E-state index is -0.0668. The van der Waals surface area contributed by atoms with Crippen molar-refractivity contribution in [3.05, 3.63) is 36.2 Å². The first-order chi connectivity index (χ1) is 11.2. The molecule has 0 aliphatic carbocycles. The topological polar surface area (TPSA) is 75.9 Å². The molecular formula is C16H22N6O. The predicted octanol–water partition coefficient (Wildman–Crippen LogP) is 2.41. The fourth-order valence-electron chi connectivity index (χ4n) is 3.02. The van der Waals surface area contributed by atoms with Crippen LogP contribution < -0.4 is 5.32 Å². The lowest BCUT2D eigenvalue weighted by Crippen LogP contribution is -2.42. The Morgan fingerprint density at radius 3 is 3.13 bits per heavy atom. The normalized spacial score (nSPS) is 18.0. The number of aryl methyl sites for hydroxylation is 2. The second-order valence-electron chi connectivity index (χ2n) is 5.88. The smallest absolute Gasteiger partial charge is 0.321 e. The highest BCUT2D eigenvalue weighted by atomic mass is 16.2. The minimum Gasteiger partial charge on any atom is -0.324 e. The van der Waals surface area contributed by atoms with Crippen molar-refractivity contribution in [2.75, 3.05) is 18.4 Å². The van der Waals surface area contributed by atoms with Crippen LogP contribution >= 0.6 is 0 Å². The van der Waals surface area contributed by atoms with Crippen LogP contribution in [-0.4, -0.2) is 43.8 Å². The summed E-state index contributed by atoms with van der Waals surface area (Å²) in [6.07, 6.45) is 5.47. The van der Waals surface area contributed by atoms with E-state index in [1.165, 1.54) is 0 Å². The van der Waals surface area contributed by atoms with Gasteiger partial charge in [-0.25, -0.2) is 4.79 Å². The summed E-state index contributed by atoms with van der Waals surface area (Å²) in [6.45, 7) is 6.28. The lowest BCUT2D eigenvalue weighted by molar-refractivity contribution is 0.190. The number of pyridine rings is 1. The molecule has 7 heteroatoms. The second kappa shape index (κ2) is 6.76. The molecule has 3 rings (SSSR count). The Balaban J connectivity index is 1.67. The molecule has 0 spiro atoms. The van der Waals surface area contributed by atoms with Gasteiger partial charge in [0.15, 0.2) is 0 Å². The SMILES string of the molecule is CCn1cnnc1[C@@H]1CCCN(C(=O)Nc2ccnc(C)c2)C1. The Bertz CT molecular complexity index is 683. The highest BCUT2D eigenvalue weighted by molar-refractivity contribution is 5.89. The van der Waals surface area contributed by atoms with Gasteiger partial charge in [-0.2, -0.15) is 0 Å². The highest BCUT2D eigenvalue weighted by Gasteiger charge is 2.27. The summed E-state index contributed by atoms with van der Waals surface area (Å²) in [6, 6.07) is 3.61. The van der Waals surface area contributed by atoms with Crippen LogP contribution in [-0.2, 0) is 6.54 Å². The van der Waals surface area contributed by atoms with E-state index < -0.39 is 0 Å². The molecule has 0 aromatic carbocycles. The van der Waals surface area contributed by atoms with E-state index in [4.69, 9.17) is 0 Å². The van der Waals surface area contributed by atoms with Crippen LogP contribution in [0.1, 0.15) is 37.2 Å². The standard InChI is InChI=1S/C16H22N6O/c1-3-21-11-18-20-15(21)13-5-4-8-22(10-13)16(23)19-14-6-7-17-12(2)9-14/h6-7,9,11,13H,3-5,8,10H2,1-2H3,(H,17,19,23)/t13-/m1/s1. The number of hydrogen-bond acceptors (Lipinski definition) is 4. The largest absolute Gasteiger partial charge is 0.324 e. The zero-order valence-electron chi connectivity index (χ0n) is 13.6. The summed E-state index contributed by atoms with van der Waals surface area (Å²) in [5.74, 6) is 1.22. The van der Waals surface area contributed by atoms with Gasteiger partial charge >= 0.3 is 6.03 Å². The van der Waals surface area contributed by atoms with Crippen LogP contribution in [0, 0.1) is 6.92 Å². The Morgan fingerprint density at radius 1 is 1.48 bits per heavy atom. The molecular weight excluding hydrogens is 292 g/mol. The number of carbonyl (C=O) groups is 1. The number of rotatable bonds is 3. The fourth-order valence-corrected chi connectivity index (χ4v) is 3.02. The summed E-state index contributed by atoms with van der Waals surface area (Å²) in [5, 5.41) is 11.2. The van der Waals surface area contributed by atoms with E-state index in [0.717, 1.165) is 43.1 Å². The van der Waals surface area contributed by atoms with E-state index in [9.17, 15) is 4.79 Å². The van der Waals surface area contributed by atoms with Crippen molar-refractivity contribution >= 4 is 11.7 Å². The minimum absolute atomic E-state index is 0.0668.